The minimum absolute atomic E-state index is 0.117. The summed E-state index contributed by atoms with van der Waals surface area (Å²) in [6.45, 7) is 12.5. The number of amides is 2. The van der Waals surface area contributed by atoms with E-state index < -0.39 is 0 Å². The van der Waals surface area contributed by atoms with E-state index in [-0.39, 0.29) is 17.4 Å². The fourth-order valence-electron chi connectivity index (χ4n) is 4.37. The maximum absolute atomic E-state index is 12.8. The van der Waals surface area contributed by atoms with Gasteiger partial charge in [-0.25, -0.2) is 0 Å². The third-order valence-corrected chi connectivity index (χ3v) is 5.93. The van der Waals surface area contributed by atoms with Gasteiger partial charge in [0.1, 0.15) is 13.1 Å². The summed E-state index contributed by atoms with van der Waals surface area (Å²) in [6.07, 6.45) is 4.18. The second-order valence-electron chi connectivity index (χ2n) is 9.69. The van der Waals surface area contributed by atoms with Crippen LogP contribution >= 0.6 is 0 Å². The molecule has 3 N–H and O–H groups in total. The lowest BCUT2D eigenvalue weighted by atomic mass is 9.99. The van der Waals surface area contributed by atoms with Gasteiger partial charge in [-0.3, -0.25) is 9.59 Å². The van der Waals surface area contributed by atoms with E-state index in [0.29, 0.717) is 19.6 Å². The standard InChI is InChI=1S/C24H36N4O2/c1-24(2,3)25-22(29)18-26-12-7-13-27(17-16-26)19-23(30)28-14-10-21(11-15-28)20-8-5-4-6-9-20/h4-6,8-10H,7,11-19H2,1-3H3,(H,25,29)/p+2. The molecule has 6 nitrogen and oxygen atoms in total. The summed E-state index contributed by atoms with van der Waals surface area (Å²) in [5, 5.41) is 3.06. The van der Waals surface area contributed by atoms with Crippen LogP contribution in [0.25, 0.3) is 5.57 Å². The molecule has 164 valence electrons. The van der Waals surface area contributed by atoms with Gasteiger partial charge in [0.05, 0.1) is 13.1 Å². The lowest BCUT2D eigenvalue weighted by Crippen LogP contribution is -3.18. The van der Waals surface area contributed by atoms with Crippen LogP contribution in [0.4, 0.5) is 0 Å². The Hall–Kier alpha value is -2.18. The number of nitrogens with one attached hydrogen (secondary N) is 3. The van der Waals surface area contributed by atoms with Gasteiger partial charge in [-0.05, 0) is 38.3 Å². The molecule has 1 fully saturated rings. The van der Waals surface area contributed by atoms with E-state index in [1.165, 1.54) is 20.9 Å². The third kappa shape index (κ3) is 6.96. The number of quaternary nitrogens is 2. The van der Waals surface area contributed by atoms with Gasteiger partial charge in [0.25, 0.3) is 11.8 Å². The number of benzene rings is 1. The van der Waals surface area contributed by atoms with E-state index in [4.69, 9.17) is 0 Å². The smallest absolute Gasteiger partial charge is 0.278 e. The molecule has 2 atom stereocenters. The minimum Gasteiger partial charge on any atom is -0.347 e. The number of nitrogens with zero attached hydrogens (tertiary/aromatic N) is 1. The average Bonchev–Trinajstić information content (AvgIpc) is 2.92. The number of rotatable bonds is 5. The molecule has 0 saturated carbocycles. The van der Waals surface area contributed by atoms with Crippen LogP contribution in [0, 0.1) is 0 Å². The van der Waals surface area contributed by atoms with Crippen molar-refractivity contribution in [1.82, 2.24) is 10.2 Å². The van der Waals surface area contributed by atoms with Gasteiger partial charge >= 0.3 is 0 Å². The van der Waals surface area contributed by atoms with E-state index in [1.54, 1.807) is 0 Å². The summed E-state index contributed by atoms with van der Waals surface area (Å²) in [5.74, 6) is 0.369. The topological polar surface area (TPSA) is 58.3 Å². The zero-order valence-electron chi connectivity index (χ0n) is 18.8. The maximum Gasteiger partial charge on any atom is 0.278 e. The van der Waals surface area contributed by atoms with Crippen molar-refractivity contribution in [3.8, 4) is 0 Å². The van der Waals surface area contributed by atoms with Crippen LogP contribution in [-0.4, -0.2) is 74.6 Å². The second-order valence-corrected chi connectivity index (χ2v) is 9.69. The molecule has 2 amide bonds. The highest BCUT2D eigenvalue weighted by atomic mass is 16.2. The van der Waals surface area contributed by atoms with Crippen molar-refractivity contribution < 1.29 is 19.4 Å². The molecule has 1 saturated heterocycles. The monoisotopic (exact) mass is 414 g/mol. The van der Waals surface area contributed by atoms with Crippen molar-refractivity contribution in [3.05, 3.63) is 42.0 Å². The van der Waals surface area contributed by atoms with Gasteiger partial charge in [0.15, 0.2) is 13.1 Å². The first-order chi connectivity index (χ1) is 14.3. The largest absolute Gasteiger partial charge is 0.347 e. The van der Waals surface area contributed by atoms with Crippen LogP contribution in [-0.2, 0) is 9.59 Å². The van der Waals surface area contributed by atoms with Crippen LogP contribution in [0.2, 0.25) is 0 Å². The van der Waals surface area contributed by atoms with Gasteiger partial charge < -0.3 is 20.0 Å². The van der Waals surface area contributed by atoms with Gasteiger partial charge in [0, 0.05) is 25.0 Å². The van der Waals surface area contributed by atoms with Gasteiger partial charge in [-0.1, -0.05) is 36.4 Å². The Kier molecular flexibility index (Phi) is 7.67. The molecular formula is C24H38N4O2+2. The Labute approximate surface area is 180 Å². The fourth-order valence-corrected chi connectivity index (χ4v) is 4.37. The SMILES string of the molecule is CC(C)(C)NC(=O)C[NH+]1CCC[NH+](CC(=O)N2CC=C(c3ccccc3)CC2)CC1. The molecule has 1 aromatic rings. The molecule has 0 aliphatic carbocycles. The first-order valence-electron chi connectivity index (χ1n) is 11.3. The molecule has 0 aromatic heterocycles. The summed E-state index contributed by atoms with van der Waals surface area (Å²) in [7, 11) is 0. The van der Waals surface area contributed by atoms with Gasteiger partial charge in [-0.2, -0.15) is 0 Å². The van der Waals surface area contributed by atoms with Crippen molar-refractivity contribution in [1.29, 1.82) is 0 Å². The highest BCUT2D eigenvalue weighted by Gasteiger charge is 2.27. The van der Waals surface area contributed by atoms with E-state index in [1.807, 2.05) is 31.7 Å². The Morgan fingerprint density at radius 3 is 2.27 bits per heavy atom. The molecule has 2 heterocycles. The van der Waals surface area contributed by atoms with Crippen molar-refractivity contribution in [2.24, 2.45) is 0 Å². The molecule has 2 unspecified atom stereocenters. The molecule has 0 bridgehead atoms. The first-order valence-corrected chi connectivity index (χ1v) is 11.3. The van der Waals surface area contributed by atoms with E-state index in [9.17, 15) is 9.59 Å². The molecule has 3 rings (SSSR count). The number of carbonyl (C=O) groups excluding carboxylic acids is 2. The zero-order chi connectivity index (χ0) is 21.6. The molecule has 0 spiro atoms. The predicted molar refractivity (Wildman–Crippen MR) is 119 cm³/mol. The van der Waals surface area contributed by atoms with Crippen molar-refractivity contribution in [2.75, 3.05) is 52.4 Å². The number of hydrogen-bond donors (Lipinski definition) is 3. The molecule has 1 aromatic carbocycles. The highest BCUT2D eigenvalue weighted by Crippen LogP contribution is 2.21. The van der Waals surface area contributed by atoms with Gasteiger partial charge in [0.2, 0.25) is 0 Å². The quantitative estimate of drug-likeness (QED) is 0.602. The summed E-state index contributed by atoms with van der Waals surface area (Å²) in [6, 6.07) is 10.4. The van der Waals surface area contributed by atoms with Crippen LogP contribution < -0.4 is 15.1 Å². The number of carbonyl (C=O) groups is 2. The second kappa shape index (κ2) is 10.2. The zero-order valence-corrected chi connectivity index (χ0v) is 18.8. The summed E-state index contributed by atoms with van der Waals surface area (Å²) < 4.78 is 0. The number of hydrogen-bond acceptors (Lipinski definition) is 2. The lowest BCUT2D eigenvalue weighted by Gasteiger charge is -2.28. The Morgan fingerprint density at radius 2 is 1.67 bits per heavy atom. The van der Waals surface area contributed by atoms with Crippen LogP contribution in [0.1, 0.15) is 39.2 Å². The summed E-state index contributed by atoms with van der Waals surface area (Å²) >= 11 is 0. The molecule has 2 aliphatic rings. The Balaban J connectivity index is 1.44. The van der Waals surface area contributed by atoms with E-state index in [2.05, 4.69) is 35.7 Å². The maximum atomic E-state index is 12.8. The first kappa shape index (κ1) is 22.5. The Bertz CT molecular complexity index is 754. The molecule has 0 radical (unpaired) electrons. The van der Waals surface area contributed by atoms with Crippen molar-refractivity contribution in [3.63, 3.8) is 0 Å². The van der Waals surface area contributed by atoms with Crippen LogP contribution in [0.15, 0.2) is 36.4 Å². The summed E-state index contributed by atoms with van der Waals surface area (Å²) in [4.78, 5) is 29.7. The fraction of sp³-hybridized carbons (Fsp3) is 0.583. The van der Waals surface area contributed by atoms with Gasteiger partial charge in [-0.15, -0.1) is 0 Å². The lowest BCUT2D eigenvalue weighted by molar-refractivity contribution is -0.930. The Morgan fingerprint density at radius 1 is 1.00 bits per heavy atom. The average molecular weight is 415 g/mol. The molecule has 30 heavy (non-hydrogen) atoms. The van der Waals surface area contributed by atoms with Crippen molar-refractivity contribution >= 4 is 17.4 Å². The predicted octanol–water partition coefficient (Wildman–Crippen LogP) is -0.609. The highest BCUT2D eigenvalue weighted by molar-refractivity contribution is 5.79. The molecule has 2 aliphatic heterocycles. The third-order valence-electron chi connectivity index (χ3n) is 5.93. The van der Waals surface area contributed by atoms with Crippen LogP contribution in [0.3, 0.4) is 0 Å². The normalized spacial score (nSPS) is 22.8. The van der Waals surface area contributed by atoms with E-state index in [0.717, 1.165) is 45.6 Å². The van der Waals surface area contributed by atoms with E-state index >= 15 is 0 Å². The molecule has 6 heteroatoms. The van der Waals surface area contributed by atoms with Crippen LogP contribution in [0.5, 0.6) is 0 Å². The summed E-state index contributed by atoms with van der Waals surface area (Å²) in [5.41, 5.74) is 2.42. The minimum atomic E-state index is -0.185. The van der Waals surface area contributed by atoms with Crippen molar-refractivity contribution in [2.45, 2.75) is 39.2 Å². The molecular weight excluding hydrogens is 376 g/mol.